The lowest BCUT2D eigenvalue weighted by Gasteiger charge is -2.06. The zero-order valence-electron chi connectivity index (χ0n) is 9.04. The van der Waals surface area contributed by atoms with Crippen molar-refractivity contribution in [3.05, 3.63) is 33.8 Å². The molecule has 1 aromatic carbocycles. The first kappa shape index (κ1) is 14.3. The van der Waals surface area contributed by atoms with Crippen molar-refractivity contribution in [2.75, 3.05) is 12.8 Å². The van der Waals surface area contributed by atoms with Gasteiger partial charge in [-0.2, -0.15) is 0 Å². The van der Waals surface area contributed by atoms with Gasteiger partial charge in [0.05, 0.1) is 5.75 Å². The lowest BCUT2D eigenvalue weighted by molar-refractivity contribution is -0.118. The number of carbonyl (C=O) groups excluding carboxylic acids is 1. The van der Waals surface area contributed by atoms with Gasteiger partial charge in [0.15, 0.2) is 9.84 Å². The minimum absolute atomic E-state index is 0.276. The van der Waals surface area contributed by atoms with Gasteiger partial charge in [-0.15, -0.1) is 0 Å². The van der Waals surface area contributed by atoms with Gasteiger partial charge < -0.3 is 5.32 Å². The Labute approximate surface area is 110 Å². The maximum Gasteiger partial charge on any atom is 0.234 e. The van der Waals surface area contributed by atoms with Gasteiger partial charge >= 0.3 is 0 Å². The molecule has 7 heteroatoms. The van der Waals surface area contributed by atoms with Gasteiger partial charge in [-0.25, -0.2) is 8.42 Å². The number of rotatable bonds is 4. The van der Waals surface area contributed by atoms with Crippen molar-refractivity contribution in [1.82, 2.24) is 5.32 Å². The van der Waals surface area contributed by atoms with Crippen LogP contribution in [-0.4, -0.2) is 27.1 Å². The zero-order chi connectivity index (χ0) is 13.1. The Kier molecular flexibility index (Phi) is 4.80. The summed E-state index contributed by atoms with van der Waals surface area (Å²) in [7, 11) is -2.14. The van der Waals surface area contributed by atoms with Crippen LogP contribution in [0.2, 0.25) is 10.0 Å². The van der Waals surface area contributed by atoms with Crippen molar-refractivity contribution in [2.24, 2.45) is 0 Å². The highest BCUT2D eigenvalue weighted by atomic mass is 35.5. The third-order valence-corrected chi connectivity index (χ3v) is 4.06. The number of amides is 1. The number of carbonyl (C=O) groups is 1. The summed E-state index contributed by atoms with van der Waals surface area (Å²) in [4.78, 5) is 11.0. The molecule has 1 N–H and O–H groups in total. The first-order chi connectivity index (χ1) is 7.84. The van der Waals surface area contributed by atoms with Gasteiger partial charge in [-0.05, 0) is 17.7 Å². The van der Waals surface area contributed by atoms with Crippen LogP contribution in [0.15, 0.2) is 18.2 Å². The Morgan fingerprint density at radius 2 is 2.00 bits per heavy atom. The normalized spacial score (nSPS) is 11.2. The van der Waals surface area contributed by atoms with Crippen LogP contribution >= 0.6 is 23.2 Å². The topological polar surface area (TPSA) is 63.2 Å². The quantitative estimate of drug-likeness (QED) is 0.919. The number of hydrogen-bond acceptors (Lipinski definition) is 3. The first-order valence-corrected chi connectivity index (χ1v) is 7.27. The molecule has 94 valence electrons. The van der Waals surface area contributed by atoms with Crippen molar-refractivity contribution >= 4 is 38.9 Å². The number of benzene rings is 1. The van der Waals surface area contributed by atoms with E-state index in [1.165, 1.54) is 19.2 Å². The Morgan fingerprint density at radius 1 is 1.35 bits per heavy atom. The van der Waals surface area contributed by atoms with E-state index in [0.717, 1.165) is 0 Å². The lowest BCUT2D eigenvalue weighted by atomic mass is 10.2. The second kappa shape index (κ2) is 5.71. The highest BCUT2D eigenvalue weighted by molar-refractivity contribution is 7.91. The summed E-state index contributed by atoms with van der Waals surface area (Å²) < 4.78 is 23.3. The molecule has 0 aliphatic heterocycles. The molecule has 1 aromatic rings. The monoisotopic (exact) mass is 295 g/mol. The van der Waals surface area contributed by atoms with E-state index >= 15 is 0 Å². The van der Waals surface area contributed by atoms with E-state index in [1.807, 2.05) is 0 Å². The van der Waals surface area contributed by atoms with Crippen LogP contribution in [0.5, 0.6) is 0 Å². The minimum Gasteiger partial charge on any atom is -0.358 e. The van der Waals surface area contributed by atoms with E-state index in [-0.39, 0.29) is 10.8 Å². The summed E-state index contributed by atoms with van der Waals surface area (Å²) in [5.41, 5.74) is 0.431. The Morgan fingerprint density at radius 3 is 2.53 bits per heavy atom. The molecule has 0 aliphatic carbocycles. The summed E-state index contributed by atoms with van der Waals surface area (Å²) in [6.07, 6.45) is 0. The van der Waals surface area contributed by atoms with Crippen LogP contribution in [-0.2, 0) is 20.4 Å². The van der Waals surface area contributed by atoms with Gasteiger partial charge in [-0.1, -0.05) is 29.3 Å². The van der Waals surface area contributed by atoms with Crippen molar-refractivity contribution in [2.45, 2.75) is 5.75 Å². The summed E-state index contributed by atoms with van der Waals surface area (Å²) in [6, 6.07) is 4.55. The standard InChI is InChI=1S/C10H11Cl2NO3S/c1-13-10(14)6-17(15,16)5-7-2-3-8(11)4-9(7)12/h2-4H,5-6H2,1H3,(H,13,14). The smallest absolute Gasteiger partial charge is 0.234 e. The van der Waals surface area contributed by atoms with E-state index in [0.29, 0.717) is 10.6 Å². The van der Waals surface area contributed by atoms with Crippen LogP contribution in [0, 0.1) is 0 Å². The zero-order valence-corrected chi connectivity index (χ0v) is 11.4. The van der Waals surface area contributed by atoms with Crippen LogP contribution in [0.3, 0.4) is 0 Å². The predicted octanol–water partition coefficient (Wildman–Crippen LogP) is 1.65. The molecule has 0 unspecified atom stereocenters. The Hall–Kier alpha value is -0.780. The average Bonchev–Trinajstić information content (AvgIpc) is 2.21. The van der Waals surface area contributed by atoms with Crippen molar-refractivity contribution < 1.29 is 13.2 Å². The van der Waals surface area contributed by atoms with E-state index in [9.17, 15) is 13.2 Å². The van der Waals surface area contributed by atoms with E-state index in [4.69, 9.17) is 23.2 Å². The number of hydrogen-bond donors (Lipinski definition) is 1. The minimum atomic E-state index is -3.52. The molecule has 17 heavy (non-hydrogen) atoms. The molecule has 1 rings (SSSR count). The SMILES string of the molecule is CNC(=O)CS(=O)(=O)Cc1ccc(Cl)cc1Cl. The van der Waals surface area contributed by atoms with E-state index in [1.54, 1.807) is 6.07 Å². The third-order valence-electron chi connectivity index (χ3n) is 2.02. The van der Waals surface area contributed by atoms with Crippen LogP contribution in [0.4, 0.5) is 0 Å². The molecule has 0 radical (unpaired) electrons. The maximum absolute atomic E-state index is 11.7. The fraction of sp³-hybridized carbons (Fsp3) is 0.300. The molecule has 4 nitrogen and oxygen atoms in total. The molecule has 0 atom stereocenters. The summed E-state index contributed by atoms with van der Waals surface area (Å²) in [6.45, 7) is 0. The second-order valence-electron chi connectivity index (χ2n) is 3.44. The van der Waals surface area contributed by atoms with Crippen LogP contribution < -0.4 is 5.32 Å². The summed E-state index contributed by atoms with van der Waals surface area (Å²) in [5, 5.41) is 2.97. The van der Waals surface area contributed by atoms with Crippen molar-refractivity contribution in [1.29, 1.82) is 0 Å². The molecule has 0 aromatic heterocycles. The molecule has 0 heterocycles. The van der Waals surface area contributed by atoms with Gasteiger partial charge in [0.25, 0.3) is 0 Å². The maximum atomic E-state index is 11.7. The van der Waals surface area contributed by atoms with Gasteiger partial charge in [0.2, 0.25) is 5.91 Å². The number of halogens is 2. The number of nitrogens with one attached hydrogen (secondary N) is 1. The van der Waals surface area contributed by atoms with E-state index in [2.05, 4.69) is 5.32 Å². The van der Waals surface area contributed by atoms with Crippen LogP contribution in [0.1, 0.15) is 5.56 Å². The highest BCUT2D eigenvalue weighted by Crippen LogP contribution is 2.22. The molecular weight excluding hydrogens is 285 g/mol. The number of sulfone groups is 1. The summed E-state index contributed by atoms with van der Waals surface area (Å²) in [5.74, 6) is -1.38. The largest absolute Gasteiger partial charge is 0.358 e. The first-order valence-electron chi connectivity index (χ1n) is 4.69. The Bertz CT molecular complexity index is 528. The van der Waals surface area contributed by atoms with Gasteiger partial charge in [-0.3, -0.25) is 4.79 Å². The van der Waals surface area contributed by atoms with Gasteiger partial charge in [0, 0.05) is 17.1 Å². The second-order valence-corrected chi connectivity index (χ2v) is 6.35. The van der Waals surface area contributed by atoms with E-state index < -0.39 is 21.5 Å². The third kappa shape index (κ3) is 4.53. The molecular formula is C10H11Cl2NO3S. The average molecular weight is 296 g/mol. The molecule has 0 fully saturated rings. The highest BCUT2D eigenvalue weighted by Gasteiger charge is 2.18. The predicted molar refractivity (Wildman–Crippen MR) is 68.0 cm³/mol. The molecule has 1 amide bonds. The van der Waals surface area contributed by atoms with Crippen molar-refractivity contribution in [3.63, 3.8) is 0 Å². The lowest BCUT2D eigenvalue weighted by Crippen LogP contribution is -2.27. The molecule has 0 bridgehead atoms. The van der Waals surface area contributed by atoms with Gasteiger partial charge in [0.1, 0.15) is 5.75 Å². The molecule has 0 saturated carbocycles. The van der Waals surface area contributed by atoms with Crippen molar-refractivity contribution in [3.8, 4) is 0 Å². The summed E-state index contributed by atoms with van der Waals surface area (Å²) >= 11 is 11.6. The molecule has 0 spiro atoms. The molecule has 0 saturated heterocycles. The fourth-order valence-corrected chi connectivity index (χ4v) is 3.12. The fourth-order valence-electron chi connectivity index (χ4n) is 1.20. The van der Waals surface area contributed by atoms with Crippen LogP contribution in [0.25, 0.3) is 0 Å². The Balaban J connectivity index is 2.87. The molecule has 0 aliphatic rings.